The van der Waals surface area contributed by atoms with Gasteiger partial charge in [-0.3, -0.25) is 4.90 Å². The van der Waals surface area contributed by atoms with Crippen LogP contribution in [0.4, 0.5) is 0 Å². The Hall–Kier alpha value is -0.730. The summed E-state index contributed by atoms with van der Waals surface area (Å²) >= 11 is 9.89. The molecule has 0 amide bonds. The maximum absolute atomic E-state index is 6.24. The molecule has 0 aromatic heterocycles. The van der Waals surface area contributed by atoms with Crippen molar-refractivity contribution in [1.29, 1.82) is 0 Å². The van der Waals surface area contributed by atoms with Crippen LogP contribution in [-0.4, -0.2) is 50.9 Å². The van der Waals surface area contributed by atoms with E-state index in [-0.39, 0.29) is 24.8 Å². The van der Waals surface area contributed by atoms with Crippen LogP contribution in [0.5, 0.6) is 11.5 Å². The normalized spacial score (nSPS) is 13.8. The predicted octanol–water partition coefficient (Wildman–Crippen LogP) is 5.35. The number of hydrogen-bond acceptors (Lipinski definition) is 5. The highest BCUT2D eigenvalue weighted by atomic mass is 79.9. The lowest BCUT2D eigenvalue weighted by molar-refractivity contribution is 0.0384. The molecule has 0 radical (unpaired) electrons. The van der Waals surface area contributed by atoms with E-state index in [2.05, 4.69) is 32.2 Å². The average molecular weight is 557 g/mol. The van der Waals surface area contributed by atoms with E-state index in [0.29, 0.717) is 24.0 Å². The Balaban J connectivity index is 0.00000240. The lowest BCUT2D eigenvalue weighted by atomic mass is 10.2. The van der Waals surface area contributed by atoms with Crippen LogP contribution in [-0.2, 0) is 17.9 Å². The van der Waals surface area contributed by atoms with Crippen molar-refractivity contribution < 1.29 is 14.2 Å². The Kier molecular flexibility index (Phi) is 13.8. The summed E-state index contributed by atoms with van der Waals surface area (Å²) in [6.45, 7) is 9.36. The highest BCUT2D eigenvalue weighted by Crippen LogP contribution is 2.37. The summed E-state index contributed by atoms with van der Waals surface area (Å²) in [5.74, 6) is 1.43. The molecule has 1 saturated heterocycles. The number of nitrogens with one attached hydrogen (secondary N) is 1. The van der Waals surface area contributed by atoms with Gasteiger partial charge in [-0.2, -0.15) is 0 Å². The second-order valence-corrected chi connectivity index (χ2v) is 8.11. The van der Waals surface area contributed by atoms with Gasteiger partial charge in [0.05, 0.1) is 24.3 Å². The monoisotopic (exact) mass is 554 g/mol. The van der Waals surface area contributed by atoms with Gasteiger partial charge in [-0.05, 0) is 46.6 Å². The van der Waals surface area contributed by atoms with Gasteiger partial charge in [-0.1, -0.05) is 29.8 Å². The zero-order valence-corrected chi connectivity index (χ0v) is 21.5. The van der Waals surface area contributed by atoms with Crippen molar-refractivity contribution in [2.45, 2.75) is 20.1 Å². The van der Waals surface area contributed by atoms with Crippen molar-refractivity contribution >= 4 is 52.3 Å². The molecule has 31 heavy (non-hydrogen) atoms. The minimum absolute atomic E-state index is 0. The van der Waals surface area contributed by atoms with Crippen LogP contribution in [0.3, 0.4) is 0 Å². The molecule has 0 spiro atoms. The summed E-state index contributed by atoms with van der Waals surface area (Å²) in [5, 5.41) is 4.21. The Labute approximate surface area is 210 Å². The van der Waals surface area contributed by atoms with Crippen LogP contribution in [0.15, 0.2) is 40.9 Å². The maximum Gasteiger partial charge on any atom is 0.175 e. The third-order valence-electron chi connectivity index (χ3n) is 4.74. The van der Waals surface area contributed by atoms with Crippen molar-refractivity contribution in [3.05, 3.63) is 57.0 Å². The fraction of sp³-hybridized carbons (Fsp3) is 0.455. The Morgan fingerprint density at radius 3 is 2.58 bits per heavy atom. The van der Waals surface area contributed by atoms with Gasteiger partial charge >= 0.3 is 0 Å². The van der Waals surface area contributed by atoms with E-state index in [1.165, 1.54) is 0 Å². The van der Waals surface area contributed by atoms with Crippen molar-refractivity contribution in [3.8, 4) is 11.5 Å². The first-order valence-electron chi connectivity index (χ1n) is 9.99. The number of hydrogen-bond donors (Lipinski definition) is 1. The zero-order valence-electron chi connectivity index (χ0n) is 17.6. The Morgan fingerprint density at radius 1 is 1.13 bits per heavy atom. The second-order valence-electron chi connectivity index (χ2n) is 6.85. The van der Waals surface area contributed by atoms with Crippen LogP contribution in [0.25, 0.3) is 0 Å². The summed E-state index contributed by atoms with van der Waals surface area (Å²) in [7, 11) is 0. The summed E-state index contributed by atoms with van der Waals surface area (Å²) < 4.78 is 18.2. The quantitative estimate of drug-likeness (QED) is 0.400. The van der Waals surface area contributed by atoms with Crippen molar-refractivity contribution in [1.82, 2.24) is 10.2 Å². The molecule has 0 aliphatic carbocycles. The van der Waals surface area contributed by atoms with Crippen molar-refractivity contribution in [2.75, 3.05) is 46.0 Å². The van der Waals surface area contributed by atoms with Crippen molar-refractivity contribution in [2.24, 2.45) is 0 Å². The van der Waals surface area contributed by atoms with Gasteiger partial charge < -0.3 is 19.5 Å². The Bertz CT molecular complexity index is 793. The molecule has 1 aliphatic heterocycles. The molecule has 5 nitrogen and oxygen atoms in total. The van der Waals surface area contributed by atoms with Gasteiger partial charge in [0.1, 0.15) is 6.61 Å². The predicted molar refractivity (Wildman–Crippen MR) is 135 cm³/mol. The van der Waals surface area contributed by atoms with Gasteiger partial charge in [-0.15, -0.1) is 24.8 Å². The molecule has 1 heterocycles. The summed E-state index contributed by atoms with van der Waals surface area (Å²) in [5.41, 5.74) is 2.09. The third-order valence-corrected chi connectivity index (χ3v) is 5.69. The van der Waals surface area contributed by atoms with E-state index >= 15 is 0 Å². The van der Waals surface area contributed by atoms with Gasteiger partial charge in [0, 0.05) is 43.3 Å². The van der Waals surface area contributed by atoms with E-state index in [4.69, 9.17) is 25.8 Å². The standard InChI is InChI=1S/C22H28BrClN2O3.2ClH/c1-2-28-21-14-17(15-25-7-8-26-9-11-27-12-10-26)13-19(23)22(21)29-16-18-5-3-4-6-20(18)24;;/h3-6,13-14,25H,2,7-12,15-16H2,1H3;2*1H. The molecule has 3 rings (SSSR count). The molecule has 174 valence electrons. The first-order chi connectivity index (χ1) is 14.2. The lowest BCUT2D eigenvalue weighted by Gasteiger charge is -2.26. The largest absolute Gasteiger partial charge is 0.490 e. The summed E-state index contributed by atoms with van der Waals surface area (Å²) in [6.07, 6.45) is 0. The molecule has 2 aromatic rings. The average Bonchev–Trinajstić information content (AvgIpc) is 2.73. The number of rotatable bonds is 10. The van der Waals surface area contributed by atoms with Crippen LogP contribution in [0, 0.1) is 0 Å². The first-order valence-corrected chi connectivity index (χ1v) is 11.2. The molecule has 0 bridgehead atoms. The van der Waals surface area contributed by atoms with Crippen LogP contribution in [0.1, 0.15) is 18.1 Å². The van der Waals surface area contributed by atoms with Crippen molar-refractivity contribution in [3.63, 3.8) is 0 Å². The van der Waals surface area contributed by atoms with E-state index in [1.807, 2.05) is 37.3 Å². The SMILES string of the molecule is CCOc1cc(CNCCN2CCOCC2)cc(Br)c1OCc1ccccc1Cl.Cl.Cl. The number of halogens is 4. The molecule has 0 unspecified atom stereocenters. The van der Waals surface area contributed by atoms with Crippen LogP contribution < -0.4 is 14.8 Å². The highest BCUT2D eigenvalue weighted by molar-refractivity contribution is 9.10. The van der Waals surface area contributed by atoms with Gasteiger partial charge in [0.2, 0.25) is 0 Å². The van der Waals surface area contributed by atoms with Crippen LogP contribution in [0.2, 0.25) is 5.02 Å². The molecule has 0 saturated carbocycles. The topological polar surface area (TPSA) is 43.0 Å². The van der Waals surface area contributed by atoms with Gasteiger partial charge in [0.25, 0.3) is 0 Å². The van der Waals surface area contributed by atoms with E-state index in [0.717, 1.165) is 67.3 Å². The maximum atomic E-state index is 6.24. The minimum Gasteiger partial charge on any atom is -0.490 e. The van der Waals surface area contributed by atoms with E-state index < -0.39 is 0 Å². The Morgan fingerprint density at radius 2 is 1.87 bits per heavy atom. The third kappa shape index (κ3) is 8.97. The fourth-order valence-electron chi connectivity index (χ4n) is 3.19. The van der Waals surface area contributed by atoms with Gasteiger partial charge in [-0.25, -0.2) is 0 Å². The summed E-state index contributed by atoms with van der Waals surface area (Å²) in [6, 6.07) is 11.8. The van der Waals surface area contributed by atoms with Gasteiger partial charge in [0.15, 0.2) is 11.5 Å². The molecule has 1 aliphatic rings. The highest BCUT2D eigenvalue weighted by Gasteiger charge is 2.14. The van der Waals surface area contributed by atoms with E-state index in [9.17, 15) is 0 Å². The smallest absolute Gasteiger partial charge is 0.175 e. The number of benzene rings is 2. The second kappa shape index (κ2) is 15.2. The molecule has 1 fully saturated rings. The fourth-order valence-corrected chi connectivity index (χ4v) is 3.98. The molecule has 9 heteroatoms. The number of morpholine rings is 1. The minimum atomic E-state index is 0. The molecule has 2 aromatic carbocycles. The zero-order chi connectivity index (χ0) is 20.5. The first kappa shape index (κ1) is 28.3. The van der Waals surface area contributed by atoms with E-state index in [1.54, 1.807) is 0 Å². The molecule has 1 N–H and O–H groups in total. The molecule has 0 atom stereocenters. The summed E-state index contributed by atoms with van der Waals surface area (Å²) in [4.78, 5) is 2.42. The van der Waals surface area contributed by atoms with Crippen LogP contribution >= 0.6 is 52.3 Å². The lowest BCUT2D eigenvalue weighted by Crippen LogP contribution is -2.40. The molecular weight excluding hydrogens is 527 g/mol. The number of nitrogens with zero attached hydrogens (tertiary/aromatic N) is 1. The molecular formula is C22H30BrCl3N2O3. The number of ether oxygens (including phenoxy) is 3.